The summed E-state index contributed by atoms with van der Waals surface area (Å²) in [5.41, 5.74) is 7.54. The van der Waals surface area contributed by atoms with Gasteiger partial charge in [-0.15, -0.1) is 0 Å². The van der Waals surface area contributed by atoms with E-state index in [-0.39, 0.29) is 0 Å². The Morgan fingerprint density at radius 3 is 2.74 bits per heavy atom. The number of benzene rings is 2. The van der Waals surface area contributed by atoms with Gasteiger partial charge in [0.25, 0.3) is 0 Å². The molecule has 1 aliphatic heterocycles. The van der Waals surface area contributed by atoms with E-state index < -0.39 is 0 Å². The molecule has 0 saturated heterocycles. The molecule has 0 saturated carbocycles. The molecule has 1 N–H and O–H groups in total. The predicted octanol–water partition coefficient (Wildman–Crippen LogP) is 3.95. The van der Waals surface area contributed by atoms with Crippen molar-refractivity contribution in [2.45, 2.75) is 20.3 Å². The highest BCUT2D eigenvalue weighted by atomic mass is 16.5. The van der Waals surface area contributed by atoms with Crippen LogP contribution in [-0.2, 0) is 6.42 Å². The summed E-state index contributed by atoms with van der Waals surface area (Å²) in [6.45, 7) is 5.28. The first-order valence-corrected chi connectivity index (χ1v) is 6.72. The lowest BCUT2D eigenvalue weighted by atomic mass is 9.97. The summed E-state index contributed by atoms with van der Waals surface area (Å²) in [6, 6.07) is 11.0. The first-order chi connectivity index (χ1) is 9.20. The van der Waals surface area contributed by atoms with Gasteiger partial charge >= 0.3 is 0 Å². The number of hydrogen-bond acceptors (Lipinski definition) is 2. The van der Waals surface area contributed by atoms with Crippen LogP contribution in [0.15, 0.2) is 30.3 Å². The van der Waals surface area contributed by atoms with Gasteiger partial charge in [-0.3, -0.25) is 0 Å². The summed E-state index contributed by atoms with van der Waals surface area (Å²) < 4.78 is 5.61. The van der Waals surface area contributed by atoms with Crippen LogP contribution in [-0.4, -0.2) is 13.7 Å². The molecule has 98 valence electrons. The fourth-order valence-electron chi connectivity index (χ4n) is 2.74. The molecule has 3 rings (SSSR count). The third kappa shape index (κ3) is 1.97. The van der Waals surface area contributed by atoms with Gasteiger partial charge in [-0.1, -0.05) is 24.3 Å². The molecule has 1 aliphatic rings. The number of aryl methyl sites for hydroxylation is 1. The number of anilines is 1. The molecule has 0 fully saturated rings. The minimum absolute atomic E-state index is 0.984. The molecule has 0 atom stereocenters. The largest absolute Gasteiger partial charge is 0.496 e. The second kappa shape index (κ2) is 4.61. The highest BCUT2D eigenvalue weighted by Gasteiger charge is 2.14. The van der Waals surface area contributed by atoms with Gasteiger partial charge in [-0.25, -0.2) is 0 Å². The summed E-state index contributed by atoms with van der Waals surface area (Å²) >= 11 is 0. The molecule has 0 aliphatic carbocycles. The number of methoxy groups -OCH3 is 1. The number of fused-ring (bicyclic) bond motifs is 1. The maximum atomic E-state index is 5.61. The van der Waals surface area contributed by atoms with Crippen molar-refractivity contribution in [2.75, 3.05) is 19.0 Å². The van der Waals surface area contributed by atoms with E-state index in [2.05, 4.69) is 49.5 Å². The molecule has 0 spiro atoms. The van der Waals surface area contributed by atoms with E-state index in [0.29, 0.717) is 0 Å². The molecule has 1 heterocycles. The van der Waals surface area contributed by atoms with Gasteiger partial charge in [0.1, 0.15) is 5.75 Å². The van der Waals surface area contributed by atoms with Crippen molar-refractivity contribution in [3.05, 3.63) is 47.0 Å². The second-order valence-corrected chi connectivity index (χ2v) is 5.14. The molecule has 0 bridgehead atoms. The fourth-order valence-corrected chi connectivity index (χ4v) is 2.74. The summed E-state index contributed by atoms with van der Waals surface area (Å²) in [5, 5.41) is 3.43. The quantitative estimate of drug-likeness (QED) is 0.875. The minimum Gasteiger partial charge on any atom is -0.496 e. The number of ether oxygens (including phenoxy) is 1. The number of hydrogen-bond donors (Lipinski definition) is 1. The summed E-state index contributed by atoms with van der Waals surface area (Å²) in [5.74, 6) is 0.984. The van der Waals surface area contributed by atoms with E-state index in [1.54, 1.807) is 7.11 Å². The van der Waals surface area contributed by atoms with Crippen molar-refractivity contribution in [1.82, 2.24) is 0 Å². The molecule has 0 radical (unpaired) electrons. The summed E-state index contributed by atoms with van der Waals surface area (Å²) in [7, 11) is 1.75. The van der Waals surface area contributed by atoms with E-state index in [0.717, 1.165) is 18.7 Å². The maximum absolute atomic E-state index is 5.61. The first kappa shape index (κ1) is 12.1. The molecule has 2 heteroatoms. The van der Waals surface area contributed by atoms with Crippen molar-refractivity contribution < 1.29 is 4.74 Å². The lowest BCUT2D eigenvalue weighted by Gasteiger charge is -2.14. The molecule has 2 aromatic rings. The Morgan fingerprint density at radius 2 is 1.95 bits per heavy atom. The van der Waals surface area contributed by atoms with Crippen LogP contribution in [0.5, 0.6) is 5.75 Å². The van der Waals surface area contributed by atoms with Gasteiger partial charge in [-0.05, 0) is 48.6 Å². The highest BCUT2D eigenvalue weighted by molar-refractivity contribution is 5.77. The zero-order valence-electron chi connectivity index (χ0n) is 11.7. The van der Waals surface area contributed by atoms with E-state index in [4.69, 9.17) is 4.74 Å². The Labute approximate surface area is 114 Å². The van der Waals surface area contributed by atoms with Crippen LogP contribution in [0.1, 0.15) is 16.7 Å². The minimum atomic E-state index is 0.984. The standard InChI is InChI=1S/C17H19NO/c1-11-4-7-15(17(19-3)12(11)2)14-6-5-13-8-9-18-16(13)10-14/h4-7,10,18H,8-9H2,1-3H3. The smallest absolute Gasteiger partial charge is 0.129 e. The molecule has 0 unspecified atom stereocenters. The molecule has 0 amide bonds. The van der Waals surface area contributed by atoms with Crippen LogP contribution in [0.2, 0.25) is 0 Å². The number of rotatable bonds is 2. The van der Waals surface area contributed by atoms with E-state index >= 15 is 0 Å². The van der Waals surface area contributed by atoms with Crippen LogP contribution in [0.25, 0.3) is 11.1 Å². The average Bonchev–Trinajstić information content (AvgIpc) is 2.89. The SMILES string of the molecule is COc1c(-c2ccc3c(c2)NCC3)ccc(C)c1C. The van der Waals surface area contributed by atoms with Crippen molar-refractivity contribution in [1.29, 1.82) is 0 Å². The third-order valence-electron chi connectivity index (χ3n) is 4.01. The molecular weight excluding hydrogens is 234 g/mol. The Bertz CT molecular complexity index is 631. The van der Waals surface area contributed by atoms with Crippen LogP contribution in [0.3, 0.4) is 0 Å². The maximum Gasteiger partial charge on any atom is 0.129 e. The lowest BCUT2D eigenvalue weighted by molar-refractivity contribution is 0.413. The van der Waals surface area contributed by atoms with E-state index in [1.165, 1.54) is 33.5 Å². The van der Waals surface area contributed by atoms with Gasteiger partial charge in [0.05, 0.1) is 7.11 Å². The highest BCUT2D eigenvalue weighted by Crippen LogP contribution is 2.37. The average molecular weight is 253 g/mol. The summed E-state index contributed by atoms with van der Waals surface area (Å²) in [4.78, 5) is 0. The lowest BCUT2D eigenvalue weighted by Crippen LogP contribution is -1.94. The van der Waals surface area contributed by atoms with Gasteiger partial charge in [-0.2, -0.15) is 0 Å². The Hall–Kier alpha value is -1.96. The fraction of sp³-hybridized carbons (Fsp3) is 0.294. The Morgan fingerprint density at radius 1 is 1.11 bits per heavy atom. The van der Waals surface area contributed by atoms with E-state index in [1.807, 2.05) is 0 Å². The van der Waals surface area contributed by atoms with Gasteiger partial charge in [0, 0.05) is 17.8 Å². The molecule has 19 heavy (non-hydrogen) atoms. The van der Waals surface area contributed by atoms with Gasteiger partial charge < -0.3 is 10.1 Å². The molecule has 0 aromatic heterocycles. The molecule has 2 aromatic carbocycles. The van der Waals surface area contributed by atoms with Gasteiger partial charge in [0.15, 0.2) is 0 Å². The van der Waals surface area contributed by atoms with Gasteiger partial charge in [0.2, 0.25) is 0 Å². The first-order valence-electron chi connectivity index (χ1n) is 6.72. The third-order valence-corrected chi connectivity index (χ3v) is 4.01. The van der Waals surface area contributed by atoms with Crippen LogP contribution in [0.4, 0.5) is 5.69 Å². The Balaban J connectivity index is 2.14. The molecule has 2 nitrogen and oxygen atoms in total. The topological polar surface area (TPSA) is 21.3 Å². The molecular formula is C17H19NO. The van der Waals surface area contributed by atoms with Crippen LogP contribution < -0.4 is 10.1 Å². The van der Waals surface area contributed by atoms with Crippen molar-refractivity contribution in [2.24, 2.45) is 0 Å². The monoisotopic (exact) mass is 253 g/mol. The van der Waals surface area contributed by atoms with Crippen LogP contribution >= 0.6 is 0 Å². The van der Waals surface area contributed by atoms with E-state index in [9.17, 15) is 0 Å². The normalized spacial score (nSPS) is 13.0. The second-order valence-electron chi connectivity index (χ2n) is 5.14. The zero-order valence-corrected chi connectivity index (χ0v) is 11.7. The van der Waals surface area contributed by atoms with Crippen molar-refractivity contribution in [3.8, 4) is 16.9 Å². The number of nitrogens with one attached hydrogen (secondary N) is 1. The Kier molecular flexibility index (Phi) is 2.94. The predicted molar refractivity (Wildman–Crippen MR) is 80.1 cm³/mol. The van der Waals surface area contributed by atoms with Crippen LogP contribution in [0, 0.1) is 13.8 Å². The zero-order chi connectivity index (χ0) is 13.4. The van der Waals surface area contributed by atoms with Crippen molar-refractivity contribution >= 4 is 5.69 Å². The van der Waals surface area contributed by atoms with Crippen molar-refractivity contribution in [3.63, 3.8) is 0 Å². The summed E-state index contributed by atoms with van der Waals surface area (Å²) in [6.07, 6.45) is 1.12.